The summed E-state index contributed by atoms with van der Waals surface area (Å²) in [4.78, 5) is 12.2. The third kappa shape index (κ3) is 4.56. The summed E-state index contributed by atoms with van der Waals surface area (Å²) in [6.45, 7) is 8.25. The van der Waals surface area contributed by atoms with E-state index in [1.165, 1.54) is 47.9 Å². The molecule has 2 rings (SSSR count). The summed E-state index contributed by atoms with van der Waals surface area (Å²) in [7, 11) is 0. The van der Waals surface area contributed by atoms with Crippen molar-refractivity contribution in [2.75, 3.05) is 0 Å². The summed E-state index contributed by atoms with van der Waals surface area (Å²) < 4.78 is 0. The first kappa shape index (κ1) is 18.4. The molecule has 0 aromatic heterocycles. The Hall–Kier alpha value is -1.89. The molecule has 0 N–H and O–H groups in total. The molecule has 0 saturated carbocycles. The third-order valence-corrected chi connectivity index (χ3v) is 4.68. The lowest BCUT2D eigenvalue weighted by Crippen LogP contribution is -2.00. The van der Waals surface area contributed by atoms with Gasteiger partial charge < -0.3 is 0 Å². The second kappa shape index (κ2) is 8.82. The highest BCUT2D eigenvalue weighted by Crippen LogP contribution is 2.29. The first-order chi connectivity index (χ1) is 11.6. The lowest BCUT2D eigenvalue weighted by Gasteiger charge is -2.14. The Morgan fingerprint density at radius 3 is 1.88 bits per heavy atom. The summed E-state index contributed by atoms with van der Waals surface area (Å²) in [5.41, 5.74) is 7.02. The van der Waals surface area contributed by atoms with Crippen molar-refractivity contribution in [1.29, 1.82) is 0 Å². The van der Waals surface area contributed by atoms with Crippen molar-refractivity contribution in [3.63, 3.8) is 0 Å². The van der Waals surface area contributed by atoms with Crippen LogP contribution in [-0.2, 0) is 12.8 Å². The first-order valence-electron chi connectivity index (χ1n) is 9.30. The number of aryl methyl sites for hydroxylation is 3. The molecule has 0 aliphatic carbocycles. The van der Waals surface area contributed by atoms with E-state index in [-0.39, 0.29) is 5.78 Å². The van der Waals surface area contributed by atoms with Crippen LogP contribution < -0.4 is 0 Å². The van der Waals surface area contributed by atoms with E-state index in [1.54, 1.807) is 6.92 Å². The van der Waals surface area contributed by atoms with Crippen molar-refractivity contribution in [2.24, 2.45) is 0 Å². The molecule has 0 aliphatic rings. The smallest absolute Gasteiger partial charge is 0.160 e. The minimum absolute atomic E-state index is 0.151. The van der Waals surface area contributed by atoms with Gasteiger partial charge in [0.15, 0.2) is 5.78 Å². The molecular weight excluding hydrogens is 292 g/mol. The summed E-state index contributed by atoms with van der Waals surface area (Å²) in [5.74, 6) is 0.151. The highest BCUT2D eigenvalue weighted by Gasteiger charge is 2.12. The monoisotopic (exact) mass is 322 g/mol. The molecule has 1 heteroatoms. The van der Waals surface area contributed by atoms with E-state index in [0.717, 1.165) is 24.0 Å². The van der Waals surface area contributed by atoms with Gasteiger partial charge in [-0.25, -0.2) is 0 Å². The average molecular weight is 322 g/mol. The fraction of sp³-hybridized carbons (Fsp3) is 0.435. The Labute approximate surface area is 147 Å². The molecule has 24 heavy (non-hydrogen) atoms. The molecule has 0 aliphatic heterocycles. The van der Waals surface area contributed by atoms with Crippen LogP contribution >= 0.6 is 0 Å². The van der Waals surface area contributed by atoms with Crippen molar-refractivity contribution in [2.45, 2.75) is 66.2 Å². The number of ketones is 1. The van der Waals surface area contributed by atoms with Crippen molar-refractivity contribution >= 4 is 5.78 Å². The van der Waals surface area contributed by atoms with Crippen LogP contribution in [0, 0.1) is 6.92 Å². The van der Waals surface area contributed by atoms with Gasteiger partial charge in [0.1, 0.15) is 0 Å². The third-order valence-electron chi connectivity index (χ3n) is 4.68. The topological polar surface area (TPSA) is 17.1 Å². The Morgan fingerprint density at radius 1 is 0.833 bits per heavy atom. The zero-order valence-corrected chi connectivity index (χ0v) is 15.6. The molecule has 0 amide bonds. The Bertz CT molecular complexity index is 697. The first-order valence-corrected chi connectivity index (χ1v) is 9.30. The molecule has 1 nitrogen and oxygen atoms in total. The van der Waals surface area contributed by atoms with Crippen LogP contribution in [0.1, 0.15) is 73.5 Å². The van der Waals surface area contributed by atoms with E-state index in [4.69, 9.17) is 0 Å². The quantitative estimate of drug-likeness (QED) is 0.504. The van der Waals surface area contributed by atoms with Gasteiger partial charge in [0.05, 0.1) is 0 Å². The van der Waals surface area contributed by atoms with E-state index < -0.39 is 0 Å². The summed E-state index contributed by atoms with van der Waals surface area (Å²) >= 11 is 0. The van der Waals surface area contributed by atoms with Gasteiger partial charge in [0, 0.05) is 5.56 Å². The predicted octanol–water partition coefficient (Wildman–Crippen LogP) is 6.55. The Kier molecular flexibility index (Phi) is 6.78. The van der Waals surface area contributed by atoms with Gasteiger partial charge in [-0.3, -0.25) is 4.79 Å². The number of carbonyl (C=O) groups excluding carboxylic acids is 1. The largest absolute Gasteiger partial charge is 0.294 e. The van der Waals surface area contributed by atoms with E-state index >= 15 is 0 Å². The minimum Gasteiger partial charge on any atom is -0.294 e. The van der Waals surface area contributed by atoms with E-state index in [1.807, 2.05) is 0 Å². The van der Waals surface area contributed by atoms with Crippen LogP contribution in [0.4, 0.5) is 0 Å². The van der Waals surface area contributed by atoms with Crippen LogP contribution in [0.25, 0.3) is 11.1 Å². The highest BCUT2D eigenvalue weighted by atomic mass is 16.1. The molecule has 128 valence electrons. The molecule has 0 saturated heterocycles. The average Bonchev–Trinajstić information content (AvgIpc) is 2.58. The van der Waals surface area contributed by atoms with Gasteiger partial charge in [-0.1, -0.05) is 57.0 Å². The number of hydrogen-bond donors (Lipinski definition) is 0. The van der Waals surface area contributed by atoms with Crippen molar-refractivity contribution < 1.29 is 4.79 Å². The van der Waals surface area contributed by atoms with E-state index in [0.29, 0.717) is 0 Å². The van der Waals surface area contributed by atoms with Gasteiger partial charge in [0.25, 0.3) is 0 Å². The van der Waals surface area contributed by atoms with Crippen molar-refractivity contribution in [3.05, 3.63) is 58.7 Å². The minimum atomic E-state index is 0.151. The van der Waals surface area contributed by atoms with Crippen LogP contribution in [0.3, 0.4) is 0 Å². The molecule has 0 bridgehead atoms. The van der Waals surface area contributed by atoms with Crippen molar-refractivity contribution in [1.82, 2.24) is 0 Å². The predicted molar refractivity (Wildman–Crippen MR) is 104 cm³/mol. The number of benzene rings is 2. The fourth-order valence-corrected chi connectivity index (χ4v) is 3.22. The van der Waals surface area contributed by atoms with Crippen LogP contribution in [0.5, 0.6) is 0 Å². The lowest BCUT2D eigenvalue weighted by atomic mass is 9.90. The maximum atomic E-state index is 12.2. The van der Waals surface area contributed by atoms with Gasteiger partial charge >= 0.3 is 0 Å². The summed E-state index contributed by atoms with van der Waals surface area (Å²) in [6.07, 6.45) is 6.97. The van der Waals surface area contributed by atoms with Gasteiger partial charge in [-0.2, -0.15) is 0 Å². The van der Waals surface area contributed by atoms with Crippen molar-refractivity contribution in [3.8, 4) is 11.1 Å². The van der Waals surface area contributed by atoms with Gasteiger partial charge in [0.2, 0.25) is 0 Å². The molecule has 2 aromatic carbocycles. The number of Topliss-reactive ketones (excluding diaryl/α,β-unsaturated/α-hetero) is 1. The SMILES string of the molecule is CCCCc1ccc(-c2ccc(CCCC)cc2C(C)=O)c(C)c1. The number of carbonyl (C=O) groups is 1. The van der Waals surface area contributed by atoms with Gasteiger partial charge in [-0.05, 0) is 73.4 Å². The van der Waals surface area contributed by atoms with Crippen LogP contribution in [0.15, 0.2) is 36.4 Å². The molecule has 0 spiro atoms. The molecule has 0 heterocycles. The molecule has 2 aromatic rings. The maximum absolute atomic E-state index is 12.2. The summed E-state index contributed by atoms with van der Waals surface area (Å²) in [5, 5.41) is 0. The molecule has 0 fully saturated rings. The second-order valence-corrected chi connectivity index (χ2v) is 6.79. The summed E-state index contributed by atoms with van der Waals surface area (Å²) in [6, 6.07) is 13.1. The van der Waals surface area contributed by atoms with Gasteiger partial charge in [-0.15, -0.1) is 0 Å². The molecule has 0 radical (unpaired) electrons. The molecule has 0 unspecified atom stereocenters. The highest BCUT2D eigenvalue weighted by molar-refractivity contribution is 6.01. The standard InChI is InChI=1S/C23H30O/c1-5-7-9-19-11-13-21(17(3)15-19)22-14-12-20(10-8-6-2)16-23(22)18(4)24/h11-16H,5-10H2,1-4H3. The fourth-order valence-electron chi connectivity index (χ4n) is 3.22. The van der Waals surface area contributed by atoms with Crippen LogP contribution in [-0.4, -0.2) is 5.78 Å². The zero-order chi connectivity index (χ0) is 17.5. The van der Waals surface area contributed by atoms with E-state index in [9.17, 15) is 4.79 Å². The normalized spacial score (nSPS) is 10.8. The molecule has 0 atom stereocenters. The lowest BCUT2D eigenvalue weighted by molar-refractivity contribution is 0.101. The van der Waals surface area contributed by atoms with E-state index in [2.05, 4.69) is 57.2 Å². The van der Waals surface area contributed by atoms with Crippen LogP contribution in [0.2, 0.25) is 0 Å². The Morgan fingerprint density at radius 2 is 1.38 bits per heavy atom. The second-order valence-electron chi connectivity index (χ2n) is 6.79. The maximum Gasteiger partial charge on any atom is 0.160 e. The molecular formula is C23H30O. The Balaban J connectivity index is 2.38. The number of hydrogen-bond acceptors (Lipinski definition) is 1. The number of unbranched alkanes of at least 4 members (excludes halogenated alkanes) is 2. The zero-order valence-electron chi connectivity index (χ0n) is 15.6. The number of rotatable bonds is 8.